The van der Waals surface area contributed by atoms with Crippen LogP contribution < -0.4 is 5.32 Å². The van der Waals surface area contributed by atoms with Crippen molar-refractivity contribution in [2.75, 3.05) is 13.1 Å². The zero-order valence-electron chi connectivity index (χ0n) is 14.6. The number of carbonyl (C=O) groups excluding carboxylic acids is 1. The van der Waals surface area contributed by atoms with Crippen LogP contribution in [-0.4, -0.2) is 52.5 Å². The van der Waals surface area contributed by atoms with Gasteiger partial charge in [0.15, 0.2) is 0 Å². The number of rotatable bonds is 4. The molecule has 1 N–H and O–H groups in total. The van der Waals surface area contributed by atoms with E-state index in [-0.39, 0.29) is 16.8 Å². The smallest absolute Gasteiger partial charge is 0.251 e. The van der Waals surface area contributed by atoms with Gasteiger partial charge in [0.05, 0.1) is 4.90 Å². The Morgan fingerprint density at radius 2 is 1.85 bits per heavy atom. The van der Waals surface area contributed by atoms with E-state index < -0.39 is 10.0 Å². The third-order valence-electron chi connectivity index (χ3n) is 4.84. The molecule has 8 nitrogen and oxygen atoms in total. The first kappa shape index (κ1) is 17.2. The summed E-state index contributed by atoms with van der Waals surface area (Å²) in [4.78, 5) is 12.2. The third kappa shape index (κ3) is 3.24. The number of aryl methyl sites for hydroxylation is 1. The van der Waals surface area contributed by atoms with Crippen LogP contribution in [0.1, 0.15) is 34.8 Å². The lowest BCUT2D eigenvalue weighted by Crippen LogP contribution is -2.34. The Labute approximate surface area is 152 Å². The number of sulfonamides is 1. The van der Waals surface area contributed by atoms with Crippen LogP contribution in [-0.2, 0) is 23.0 Å². The summed E-state index contributed by atoms with van der Waals surface area (Å²) >= 11 is 0. The SMILES string of the molecule is Cc1nnc2n1CCN(S(=O)(=O)c1ccc(C(=O)NC3CC3)cc1)CC2. The van der Waals surface area contributed by atoms with Crippen LogP contribution in [0.5, 0.6) is 0 Å². The number of carbonyl (C=O) groups is 1. The van der Waals surface area contributed by atoms with E-state index in [1.54, 1.807) is 12.1 Å². The predicted molar refractivity (Wildman–Crippen MR) is 94.2 cm³/mol. The van der Waals surface area contributed by atoms with Gasteiger partial charge in [0.2, 0.25) is 10.0 Å². The molecule has 9 heteroatoms. The second kappa shape index (κ2) is 6.48. The monoisotopic (exact) mass is 375 g/mol. The number of hydrogen-bond donors (Lipinski definition) is 1. The van der Waals surface area contributed by atoms with Gasteiger partial charge in [0, 0.05) is 37.7 Å². The van der Waals surface area contributed by atoms with Gasteiger partial charge >= 0.3 is 0 Å². The fourth-order valence-electron chi connectivity index (χ4n) is 3.11. The number of nitrogens with one attached hydrogen (secondary N) is 1. The highest BCUT2D eigenvalue weighted by atomic mass is 32.2. The van der Waals surface area contributed by atoms with Crippen LogP contribution in [0.2, 0.25) is 0 Å². The molecular weight excluding hydrogens is 354 g/mol. The van der Waals surface area contributed by atoms with E-state index in [1.165, 1.54) is 16.4 Å². The molecular formula is C17H21N5O3S. The Morgan fingerprint density at radius 1 is 1.12 bits per heavy atom. The van der Waals surface area contributed by atoms with Crippen molar-refractivity contribution in [1.29, 1.82) is 0 Å². The molecule has 0 radical (unpaired) electrons. The Hall–Kier alpha value is -2.26. The topological polar surface area (TPSA) is 97.2 Å². The summed E-state index contributed by atoms with van der Waals surface area (Å²) in [6, 6.07) is 6.43. The number of fused-ring (bicyclic) bond motifs is 1. The first-order valence-corrected chi connectivity index (χ1v) is 10.2. The van der Waals surface area contributed by atoms with Crippen molar-refractivity contribution in [1.82, 2.24) is 24.4 Å². The van der Waals surface area contributed by atoms with Gasteiger partial charge in [-0.15, -0.1) is 10.2 Å². The molecule has 0 spiro atoms. The molecule has 0 bridgehead atoms. The molecule has 1 aromatic heterocycles. The van der Waals surface area contributed by atoms with Crippen LogP contribution >= 0.6 is 0 Å². The molecule has 1 aliphatic carbocycles. The summed E-state index contributed by atoms with van der Waals surface area (Å²) in [7, 11) is -3.61. The highest BCUT2D eigenvalue weighted by molar-refractivity contribution is 7.89. The minimum Gasteiger partial charge on any atom is -0.349 e. The van der Waals surface area contributed by atoms with Gasteiger partial charge in [0.1, 0.15) is 11.6 Å². The van der Waals surface area contributed by atoms with Crippen LogP contribution in [0.15, 0.2) is 29.2 Å². The van der Waals surface area contributed by atoms with Gasteiger partial charge in [-0.3, -0.25) is 4.79 Å². The van der Waals surface area contributed by atoms with E-state index in [4.69, 9.17) is 0 Å². The molecule has 2 aliphatic rings. The highest BCUT2D eigenvalue weighted by Gasteiger charge is 2.28. The maximum absolute atomic E-state index is 12.9. The number of hydrogen-bond acceptors (Lipinski definition) is 5. The first-order chi connectivity index (χ1) is 12.4. The molecule has 2 aromatic rings. The van der Waals surface area contributed by atoms with Crippen molar-refractivity contribution in [3.63, 3.8) is 0 Å². The molecule has 4 rings (SSSR count). The lowest BCUT2D eigenvalue weighted by Gasteiger charge is -2.20. The molecule has 26 heavy (non-hydrogen) atoms. The second-order valence-corrected chi connectivity index (χ2v) is 8.68. The molecule has 0 atom stereocenters. The molecule has 1 fully saturated rings. The van der Waals surface area contributed by atoms with Crippen LogP contribution in [0.4, 0.5) is 0 Å². The fourth-order valence-corrected chi connectivity index (χ4v) is 4.54. The number of benzene rings is 1. The van der Waals surface area contributed by atoms with E-state index in [0.29, 0.717) is 31.6 Å². The number of nitrogens with zero attached hydrogens (tertiary/aromatic N) is 4. The maximum Gasteiger partial charge on any atom is 0.251 e. The normalized spacial score (nSPS) is 18.2. The summed E-state index contributed by atoms with van der Waals surface area (Å²) < 4.78 is 29.3. The molecule has 138 valence electrons. The van der Waals surface area contributed by atoms with Crippen LogP contribution in [0, 0.1) is 6.92 Å². The lowest BCUT2D eigenvalue weighted by atomic mass is 10.2. The summed E-state index contributed by atoms with van der Waals surface area (Å²) in [5.41, 5.74) is 0.480. The summed E-state index contributed by atoms with van der Waals surface area (Å²) in [6.07, 6.45) is 2.56. The molecule has 1 saturated carbocycles. The van der Waals surface area contributed by atoms with Gasteiger partial charge in [-0.05, 0) is 44.0 Å². The summed E-state index contributed by atoms with van der Waals surface area (Å²) in [5.74, 6) is 1.46. The van der Waals surface area contributed by atoms with E-state index in [2.05, 4.69) is 15.5 Å². The Morgan fingerprint density at radius 3 is 2.54 bits per heavy atom. The molecule has 1 amide bonds. The van der Waals surface area contributed by atoms with Gasteiger partial charge in [-0.2, -0.15) is 4.31 Å². The quantitative estimate of drug-likeness (QED) is 0.849. The fraction of sp³-hybridized carbons (Fsp3) is 0.471. The summed E-state index contributed by atoms with van der Waals surface area (Å²) in [6.45, 7) is 3.14. The van der Waals surface area contributed by atoms with Crippen molar-refractivity contribution in [3.8, 4) is 0 Å². The van der Waals surface area contributed by atoms with E-state index >= 15 is 0 Å². The van der Waals surface area contributed by atoms with E-state index in [1.807, 2.05) is 11.5 Å². The van der Waals surface area contributed by atoms with Crippen molar-refractivity contribution in [2.45, 2.75) is 43.7 Å². The second-order valence-electron chi connectivity index (χ2n) is 6.74. The number of amides is 1. The molecule has 0 unspecified atom stereocenters. The van der Waals surface area contributed by atoms with Crippen molar-refractivity contribution in [2.24, 2.45) is 0 Å². The summed E-state index contributed by atoms with van der Waals surface area (Å²) in [5, 5.41) is 11.1. The van der Waals surface area contributed by atoms with Crippen LogP contribution in [0.25, 0.3) is 0 Å². The zero-order chi connectivity index (χ0) is 18.3. The van der Waals surface area contributed by atoms with Gasteiger partial charge < -0.3 is 9.88 Å². The largest absolute Gasteiger partial charge is 0.349 e. The van der Waals surface area contributed by atoms with E-state index in [9.17, 15) is 13.2 Å². The average molecular weight is 375 g/mol. The minimum absolute atomic E-state index is 0.153. The first-order valence-electron chi connectivity index (χ1n) is 8.75. The third-order valence-corrected chi connectivity index (χ3v) is 6.75. The van der Waals surface area contributed by atoms with Gasteiger partial charge in [-0.25, -0.2) is 8.42 Å². The standard InChI is InChI=1S/C17H21N5O3S/c1-12-19-20-16-8-9-21(10-11-22(12)16)26(24,25)15-6-2-13(3-7-15)17(23)18-14-4-5-14/h2-3,6-7,14H,4-5,8-11H2,1H3,(H,18,23). The maximum atomic E-state index is 12.9. The lowest BCUT2D eigenvalue weighted by molar-refractivity contribution is 0.0951. The molecule has 2 heterocycles. The van der Waals surface area contributed by atoms with Gasteiger partial charge in [-0.1, -0.05) is 0 Å². The molecule has 1 aliphatic heterocycles. The molecule has 0 saturated heterocycles. The van der Waals surface area contributed by atoms with Crippen molar-refractivity contribution < 1.29 is 13.2 Å². The Balaban J connectivity index is 1.50. The zero-order valence-corrected chi connectivity index (χ0v) is 15.4. The molecule has 1 aromatic carbocycles. The van der Waals surface area contributed by atoms with E-state index in [0.717, 1.165) is 24.5 Å². The van der Waals surface area contributed by atoms with Crippen molar-refractivity contribution >= 4 is 15.9 Å². The van der Waals surface area contributed by atoms with Gasteiger partial charge in [0.25, 0.3) is 5.91 Å². The van der Waals surface area contributed by atoms with Crippen molar-refractivity contribution in [3.05, 3.63) is 41.5 Å². The van der Waals surface area contributed by atoms with Crippen LogP contribution in [0.3, 0.4) is 0 Å². The predicted octanol–water partition coefficient (Wildman–Crippen LogP) is 0.726. The number of aromatic nitrogens is 3. The Kier molecular flexibility index (Phi) is 4.28. The Bertz CT molecular complexity index is 932. The average Bonchev–Trinajstić information content (AvgIpc) is 3.41. The minimum atomic E-state index is -3.61. The highest BCUT2D eigenvalue weighted by Crippen LogP contribution is 2.21.